The highest BCUT2D eigenvalue weighted by atomic mass is 16.2. The summed E-state index contributed by atoms with van der Waals surface area (Å²) in [7, 11) is 0. The minimum atomic E-state index is -0.120. The minimum absolute atomic E-state index is 0.0159. The van der Waals surface area contributed by atoms with E-state index < -0.39 is 0 Å². The van der Waals surface area contributed by atoms with E-state index in [1.807, 2.05) is 48.9 Å². The van der Waals surface area contributed by atoms with Crippen LogP contribution in [0.25, 0.3) is 0 Å². The highest BCUT2D eigenvalue weighted by molar-refractivity contribution is 5.74. The SMILES string of the molecule is Cc1cc(C)n(CCCNC(=O)NC(c2ccccc2)C(C)C)n1. The summed E-state index contributed by atoms with van der Waals surface area (Å²) in [6, 6.07) is 12.0. The molecule has 5 heteroatoms. The van der Waals surface area contributed by atoms with Crippen molar-refractivity contribution in [3.8, 4) is 0 Å². The van der Waals surface area contributed by atoms with Crippen LogP contribution in [0.3, 0.4) is 0 Å². The van der Waals surface area contributed by atoms with Gasteiger partial charge >= 0.3 is 6.03 Å². The summed E-state index contributed by atoms with van der Waals surface area (Å²) in [6.07, 6.45) is 0.854. The van der Waals surface area contributed by atoms with E-state index in [0.29, 0.717) is 12.5 Å². The second-order valence-electron chi connectivity index (χ2n) is 6.54. The minimum Gasteiger partial charge on any atom is -0.338 e. The molecule has 0 radical (unpaired) electrons. The zero-order valence-corrected chi connectivity index (χ0v) is 15.0. The van der Waals surface area contributed by atoms with Gasteiger partial charge in [0.2, 0.25) is 0 Å². The summed E-state index contributed by atoms with van der Waals surface area (Å²) in [6.45, 7) is 9.70. The van der Waals surface area contributed by atoms with E-state index in [1.54, 1.807) is 0 Å². The number of amides is 2. The van der Waals surface area contributed by atoms with Crippen LogP contribution in [0.4, 0.5) is 4.79 Å². The normalized spacial score (nSPS) is 12.2. The van der Waals surface area contributed by atoms with E-state index in [4.69, 9.17) is 0 Å². The number of urea groups is 1. The Hall–Kier alpha value is -2.30. The first-order valence-corrected chi connectivity index (χ1v) is 8.57. The van der Waals surface area contributed by atoms with E-state index >= 15 is 0 Å². The number of carbonyl (C=O) groups is 1. The highest BCUT2D eigenvalue weighted by Gasteiger charge is 2.17. The summed E-state index contributed by atoms with van der Waals surface area (Å²) in [5, 5.41) is 10.4. The third-order valence-corrected chi connectivity index (χ3v) is 4.05. The highest BCUT2D eigenvalue weighted by Crippen LogP contribution is 2.20. The van der Waals surface area contributed by atoms with Crippen molar-refractivity contribution in [3.63, 3.8) is 0 Å². The molecule has 1 unspecified atom stereocenters. The molecule has 0 bridgehead atoms. The molecular weight excluding hydrogens is 300 g/mol. The number of nitrogens with one attached hydrogen (secondary N) is 2. The summed E-state index contributed by atoms with van der Waals surface area (Å²) in [5.74, 6) is 0.327. The molecule has 24 heavy (non-hydrogen) atoms. The summed E-state index contributed by atoms with van der Waals surface area (Å²) in [4.78, 5) is 12.2. The maximum atomic E-state index is 12.2. The molecule has 130 valence electrons. The van der Waals surface area contributed by atoms with E-state index in [-0.39, 0.29) is 12.1 Å². The Labute approximate surface area is 144 Å². The van der Waals surface area contributed by atoms with Gasteiger partial charge in [0, 0.05) is 18.8 Å². The van der Waals surface area contributed by atoms with E-state index in [1.165, 1.54) is 0 Å². The van der Waals surface area contributed by atoms with Crippen molar-refractivity contribution in [1.82, 2.24) is 20.4 Å². The Morgan fingerprint density at radius 2 is 1.92 bits per heavy atom. The molecule has 2 rings (SSSR count). The quantitative estimate of drug-likeness (QED) is 0.763. The average Bonchev–Trinajstić information content (AvgIpc) is 2.87. The molecule has 1 heterocycles. The van der Waals surface area contributed by atoms with Crippen LogP contribution in [0, 0.1) is 19.8 Å². The van der Waals surface area contributed by atoms with E-state index in [0.717, 1.165) is 29.9 Å². The Morgan fingerprint density at radius 3 is 2.50 bits per heavy atom. The molecule has 0 aliphatic carbocycles. The lowest BCUT2D eigenvalue weighted by molar-refractivity contribution is 0.232. The monoisotopic (exact) mass is 328 g/mol. The molecule has 1 aromatic carbocycles. The molecule has 2 aromatic rings. The van der Waals surface area contributed by atoms with Gasteiger partial charge < -0.3 is 10.6 Å². The second-order valence-corrected chi connectivity index (χ2v) is 6.54. The summed E-state index contributed by atoms with van der Waals surface area (Å²) in [5.41, 5.74) is 3.31. The predicted molar refractivity (Wildman–Crippen MR) is 96.9 cm³/mol. The number of carbonyl (C=O) groups excluding carboxylic acids is 1. The first kappa shape index (κ1) is 18.0. The van der Waals surface area contributed by atoms with Crippen LogP contribution < -0.4 is 10.6 Å². The number of aromatic nitrogens is 2. The third kappa shape index (κ3) is 5.11. The van der Waals surface area contributed by atoms with Gasteiger partial charge in [-0.15, -0.1) is 0 Å². The van der Waals surface area contributed by atoms with Crippen molar-refractivity contribution >= 4 is 6.03 Å². The second kappa shape index (κ2) is 8.52. The van der Waals surface area contributed by atoms with Crippen LogP contribution in [0.1, 0.15) is 43.3 Å². The largest absolute Gasteiger partial charge is 0.338 e. The van der Waals surface area contributed by atoms with Gasteiger partial charge in [-0.25, -0.2) is 4.79 Å². The van der Waals surface area contributed by atoms with Crippen LogP contribution in [0.5, 0.6) is 0 Å². The van der Waals surface area contributed by atoms with Crippen LogP contribution in [-0.4, -0.2) is 22.4 Å². The van der Waals surface area contributed by atoms with Crippen molar-refractivity contribution in [2.24, 2.45) is 5.92 Å². The maximum Gasteiger partial charge on any atom is 0.315 e. The van der Waals surface area contributed by atoms with Crippen molar-refractivity contribution in [2.45, 2.75) is 46.7 Å². The maximum absolute atomic E-state index is 12.2. The number of nitrogens with zero attached hydrogens (tertiary/aromatic N) is 2. The first-order valence-electron chi connectivity index (χ1n) is 8.57. The molecule has 0 spiro atoms. The van der Waals surface area contributed by atoms with E-state index in [9.17, 15) is 4.79 Å². The summed E-state index contributed by atoms with van der Waals surface area (Å²) < 4.78 is 1.98. The van der Waals surface area contributed by atoms with Gasteiger partial charge in [0.1, 0.15) is 0 Å². The Bertz CT molecular complexity index is 649. The standard InChI is InChI=1S/C19H28N4O/c1-14(2)18(17-9-6-5-7-10-17)21-19(24)20-11-8-12-23-16(4)13-15(3)22-23/h5-7,9-10,13-14,18H,8,11-12H2,1-4H3,(H2,20,21,24). The number of hydrogen-bond donors (Lipinski definition) is 2. The Kier molecular flexibility index (Phi) is 6.41. The number of rotatable bonds is 7. The molecule has 0 saturated carbocycles. The molecule has 2 N–H and O–H groups in total. The van der Waals surface area contributed by atoms with Crippen molar-refractivity contribution < 1.29 is 4.79 Å². The molecule has 0 aliphatic heterocycles. The van der Waals surface area contributed by atoms with Crippen LogP contribution in [0.2, 0.25) is 0 Å². The van der Waals surface area contributed by atoms with Gasteiger partial charge in [-0.2, -0.15) is 5.10 Å². The van der Waals surface area contributed by atoms with Gasteiger partial charge in [0.25, 0.3) is 0 Å². The van der Waals surface area contributed by atoms with Crippen molar-refractivity contribution in [1.29, 1.82) is 0 Å². The molecule has 0 aliphatic rings. The smallest absolute Gasteiger partial charge is 0.315 e. The molecule has 1 atom stereocenters. The molecule has 0 fully saturated rings. The Morgan fingerprint density at radius 1 is 1.21 bits per heavy atom. The first-order chi connectivity index (χ1) is 11.5. The third-order valence-electron chi connectivity index (χ3n) is 4.05. The average molecular weight is 328 g/mol. The van der Waals surface area contributed by atoms with Crippen LogP contribution >= 0.6 is 0 Å². The van der Waals surface area contributed by atoms with Gasteiger partial charge in [-0.3, -0.25) is 4.68 Å². The summed E-state index contributed by atoms with van der Waals surface area (Å²) >= 11 is 0. The number of hydrogen-bond acceptors (Lipinski definition) is 2. The van der Waals surface area contributed by atoms with Gasteiger partial charge in [0.05, 0.1) is 11.7 Å². The fraction of sp³-hybridized carbons (Fsp3) is 0.474. The van der Waals surface area contributed by atoms with E-state index in [2.05, 4.69) is 35.6 Å². The van der Waals surface area contributed by atoms with Gasteiger partial charge in [-0.05, 0) is 37.8 Å². The van der Waals surface area contributed by atoms with Crippen LogP contribution in [-0.2, 0) is 6.54 Å². The predicted octanol–water partition coefficient (Wildman–Crippen LogP) is 3.59. The lowest BCUT2D eigenvalue weighted by Crippen LogP contribution is -2.40. The number of benzene rings is 1. The zero-order chi connectivity index (χ0) is 17.5. The molecular formula is C19H28N4O. The molecule has 1 aromatic heterocycles. The van der Waals surface area contributed by atoms with Gasteiger partial charge in [0.15, 0.2) is 0 Å². The fourth-order valence-corrected chi connectivity index (χ4v) is 2.82. The van der Waals surface area contributed by atoms with Crippen LogP contribution in [0.15, 0.2) is 36.4 Å². The van der Waals surface area contributed by atoms with Crippen molar-refractivity contribution in [2.75, 3.05) is 6.54 Å². The number of aryl methyl sites for hydroxylation is 3. The topological polar surface area (TPSA) is 59.0 Å². The van der Waals surface area contributed by atoms with Gasteiger partial charge in [-0.1, -0.05) is 44.2 Å². The lowest BCUT2D eigenvalue weighted by Gasteiger charge is -2.23. The zero-order valence-electron chi connectivity index (χ0n) is 15.0. The lowest BCUT2D eigenvalue weighted by atomic mass is 9.96. The fourth-order valence-electron chi connectivity index (χ4n) is 2.82. The molecule has 0 saturated heterocycles. The molecule has 5 nitrogen and oxygen atoms in total. The Balaban J connectivity index is 1.78. The molecule has 2 amide bonds. The van der Waals surface area contributed by atoms with Crippen molar-refractivity contribution in [3.05, 3.63) is 53.3 Å².